The summed E-state index contributed by atoms with van der Waals surface area (Å²) < 4.78 is 0. The molecule has 21 heavy (non-hydrogen) atoms. The minimum Gasteiger partial charge on any atom is -0.481 e. The maximum absolute atomic E-state index is 11.3. The van der Waals surface area contributed by atoms with E-state index in [2.05, 4.69) is 10.3 Å². The van der Waals surface area contributed by atoms with E-state index in [1.165, 1.54) is 6.07 Å². The van der Waals surface area contributed by atoms with Crippen LogP contribution in [0.4, 0.5) is 11.5 Å². The number of nitrogens with one attached hydrogen (secondary N) is 1. The fourth-order valence-electron chi connectivity index (χ4n) is 2.03. The predicted octanol–water partition coefficient (Wildman–Crippen LogP) is 2.85. The molecule has 0 spiro atoms. The highest BCUT2D eigenvalue weighted by atomic mass is 16.6. The van der Waals surface area contributed by atoms with Crippen molar-refractivity contribution in [2.45, 2.75) is 34.1 Å². The number of aromatic nitrogens is 1. The Morgan fingerprint density at radius 1 is 1.48 bits per heavy atom. The van der Waals surface area contributed by atoms with Crippen molar-refractivity contribution in [1.82, 2.24) is 4.98 Å². The number of hydrogen-bond donors (Lipinski definition) is 2. The van der Waals surface area contributed by atoms with Crippen LogP contribution < -0.4 is 5.32 Å². The summed E-state index contributed by atoms with van der Waals surface area (Å²) in [5.41, 5.74) is 0.336. The van der Waals surface area contributed by atoms with Crippen molar-refractivity contribution in [1.29, 1.82) is 0 Å². The van der Waals surface area contributed by atoms with Crippen molar-refractivity contribution in [3.63, 3.8) is 0 Å². The molecule has 0 aliphatic carbocycles. The molecule has 1 aromatic heterocycles. The van der Waals surface area contributed by atoms with Crippen LogP contribution >= 0.6 is 0 Å². The number of nitro groups is 1. The molecule has 116 valence electrons. The van der Waals surface area contributed by atoms with E-state index < -0.39 is 16.8 Å². The lowest BCUT2D eigenvalue weighted by atomic mass is 9.84. The van der Waals surface area contributed by atoms with Crippen molar-refractivity contribution in [3.8, 4) is 0 Å². The zero-order valence-electron chi connectivity index (χ0n) is 12.7. The van der Waals surface area contributed by atoms with Crippen LogP contribution in [0.3, 0.4) is 0 Å². The van der Waals surface area contributed by atoms with Crippen molar-refractivity contribution in [2.75, 3.05) is 11.9 Å². The monoisotopic (exact) mass is 295 g/mol. The minimum absolute atomic E-state index is 0.101. The van der Waals surface area contributed by atoms with E-state index in [1.807, 2.05) is 20.8 Å². The first-order chi connectivity index (χ1) is 9.60. The molecule has 1 rings (SSSR count). The Bertz CT molecular complexity index is 538. The number of carboxylic acid groups (broad SMARTS) is 1. The topological polar surface area (TPSA) is 105 Å². The number of rotatable bonds is 6. The molecule has 0 bridgehead atoms. The number of pyridine rings is 1. The van der Waals surface area contributed by atoms with E-state index in [-0.39, 0.29) is 23.5 Å². The highest BCUT2D eigenvalue weighted by Gasteiger charge is 2.25. The third-order valence-electron chi connectivity index (χ3n) is 2.93. The fourth-order valence-corrected chi connectivity index (χ4v) is 2.03. The molecule has 0 radical (unpaired) electrons. The van der Waals surface area contributed by atoms with Crippen molar-refractivity contribution in [2.24, 2.45) is 11.3 Å². The molecular weight excluding hydrogens is 274 g/mol. The van der Waals surface area contributed by atoms with Gasteiger partial charge in [0.2, 0.25) is 5.82 Å². The highest BCUT2D eigenvalue weighted by molar-refractivity contribution is 5.71. The largest absolute Gasteiger partial charge is 0.481 e. The number of hydrogen-bond acceptors (Lipinski definition) is 5. The summed E-state index contributed by atoms with van der Waals surface area (Å²) in [6.45, 7) is 7.69. The number of aryl methyl sites for hydroxylation is 1. The van der Waals surface area contributed by atoms with Gasteiger partial charge in [0.25, 0.3) is 0 Å². The first kappa shape index (κ1) is 16.9. The minimum atomic E-state index is -0.923. The third-order valence-corrected chi connectivity index (χ3v) is 2.93. The summed E-state index contributed by atoms with van der Waals surface area (Å²) in [6, 6.07) is 2.91. The number of nitrogens with zero attached hydrogens (tertiary/aromatic N) is 2. The Morgan fingerprint density at radius 2 is 2.10 bits per heavy atom. The molecule has 7 heteroatoms. The summed E-state index contributed by atoms with van der Waals surface area (Å²) >= 11 is 0. The molecule has 0 aliphatic rings. The van der Waals surface area contributed by atoms with Crippen LogP contribution in [0.25, 0.3) is 0 Å². The van der Waals surface area contributed by atoms with Crippen LogP contribution in [0.5, 0.6) is 0 Å². The molecule has 1 atom stereocenters. The predicted molar refractivity (Wildman–Crippen MR) is 79.3 cm³/mol. The third kappa shape index (κ3) is 5.37. The molecule has 0 saturated carbocycles. The summed E-state index contributed by atoms with van der Waals surface area (Å²) in [5, 5.41) is 23.0. The molecule has 1 unspecified atom stereocenters. The van der Waals surface area contributed by atoms with Crippen LogP contribution in [-0.2, 0) is 4.79 Å². The van der Waals surface area contributed by atoms with Gasteiger partial charge in [0.1, 0.15) is 0 Å². The molecule has 0 aromatic carbocycles. The Labute approximate surface area is 123 Å². The number of carbonyl (C=O) groups is 1. The van der Waals surface area contributed by atoms with Crippen LogP contribution in [0.1, 0.15) is 32.9 Å². The normalized spacial score (nSPS) is 12.8. The average Bonchev–Trinajstić information content (AvgIpc) is 2.32. The van der Waals surface area contributed by atoms with Crippen molar-refractivity contribution in [3.05, 3.63) is 27.9 Å². The van der Waals surface area contributed by atoms with Crippen LogP contribution in [0, 0.1) is 28.4 Å². The molecule has 0 aliphatic heterocycles. The SMILES string of the molecule is Cc1ccc([N+](=O)[O-])c(NCC(CC(C)(C)C)C(=O)O)n1. The van der Waals surface area contributed by atoms with Gasteiger partial charge in [0.15, 0.2) is 0 Å². The van der Waals surface area contributed by atoms with Gasteiger partial charge in [-0.15, -0.1) is 0 Å². The number of carboxylic acids is 1. The fraction of sp³-hybridized carbons (Fsp3) is 0.571. The quantitative estimate of drug-likeness (QED) is 0.617. The van der Waals surface area contributed by atoms with Gasteiger partial charge in [-0.2, -0.15) is 0 Å². The molecular formula is C14H21N3O4. The van der Waals surface area contributed by atoms with Crippen LogP contribution in [0.2, 0.25) is 0 Å². The first-order valence-corrected chi connectivity index (χ1v) is 6.69. The van der Waals surface area contributed by atoms with E-state index in [4.69, 9.17) is 0 Å². The molecule has 0 fully saturated rings. The number of aliphatic carboxylic acids is 1. The Kier molecular flexibility index (Phi) is 5.23. The van der Waals surface area contributed by atoms with E-state index in [0.717, 1.165) is 0 Å². The van der Waals surface area contributed by atoms with E-state index in [0.29, 0.717) is 12.1 Å². The summed E-state index contributed by atoms with van der Waals surface area (Å²) in [4.78, 5) is 25.8. The average molecular weight is 295 g/mol. The zero-order valence-corrected chi connectivity index (χ0v) is 12.7. The molecule has 2 N–H and O–H groups in total. The van der Waals surface area contributed by atoms with Crippen LogP contribution in [0.15, 0.2) is 12.1 Å². The first-order valence-electron chi connectivity index (χ1n) is 6.69. The second-order valence-corrected chi connectivity index (χ2v) is 6.26. The lowest BCUT2D eigenvalue weighted by molar-refractivity contribution is -0.384. The molecule has 1 aromatic rings. The Morgan fingerprint density at radius 3 is 2.57 bits per heavy atom. The van der Waals surface area contributed by atoms with Gasteiger partial charge in [-0.05, 0) is 24.8 Å². The van der Waals surface area contributed by atoms with Gasteiger partial charge >= 0.3 is 11.7 Å². The van der Waals surface area contributed by atoms with E-state index in [9.17, 15) is 20.0 Å². The highest BCUT2D eigenvalue weighted by Crippen LogP contribution is 2.26. The standard InChI is InChI=1S/C14H21N3O4/c1-9-5-6-11(17(20)21)12(16-9)15-8-10(13(18)19)7-14(2,3)4/h5-6,10H,7-8H2,1-4H3,(H,15,16)(H,18,19). The van der Waals surface area contributed by atoms with Gasteiger partial charge in [-0.1, -0.05) is 20.8 Å². The molecule has 1 heterocycles. The van der Waals surface area contributed by atoms with Gasteiger partial charge in [-0.25, -0.2) is 4.98 Å². The van der Waals surface area contributed by atoms with E-state index >= 15 is 0 Å². The molecule has 0 saturated heterocycles. The Hall–Kier alpha value is -2.18. The van der Waals surface area contributed by atoms with Gasteiger partial charge in [-0.3, -0.25) is 14.9 Å². The summed E-state index contributed by atoms with van der Waals surface area (Å²) in [7, 11) is 0. The van der Waals surface area contributed by atoms with Gasteiger partial charge in [0.05, 0.1) is 10.8 Å². The molecule has 0 amide bonds. The van der Waals surface area contributed by atoms with Gasteiger partial charge < -0.3 is 10.4 Å². The van der Waals surface area contributed by atoms with Crippen LogP contribution in [-0.4, -0.2) is 27.5 Å². The zero-order chi connectivity index (χ0) is 16.2. The summed E-state index contributed by atoms with van der Waals surface area (Å²) in [6.07, 6.45) is 0.467. The second kappa shape index (κ2) is 6.51. The van der Waals surface area contributed by atoms with Crippen molar-refractivity contribution >= 4 is 17.5 Å². The summed E-state index contributed by atoms with van der Waals surface area (Å²) in [5.74, 6) is -1.44. The lowest BCUT2D eigenvalue weighted by Gasteiger charge is -2.23. The maximum Gasteiger partial charge on any atom is 0.311 e. The number of anilines is 1. The molecule has 7 nitrogen and oxygen atoms in total. The lowest BCUT2D eigenvalue weighted by Crippen LogP contribution is -2.28. The Balaban J connectivity index is 2.87. The smallest absolute Gasteiger partial charge is 0.311 e. The maximum atomic E-state index is 11.3. The van der Waals surface area contributed by atoms with Gasteiger partial charge in [0, 0.05) is 18.3 Å². The second-order valence-electron chi connectivity index (χ2n) is 6.26. The van der Waals surface area contributed by atoms with E-state index in [1.54, 1.807) is 13.0 Å². The van der Waals surface area contributed by atoms with Crippen molar-refractivity contribution < 1.29 is 14.8 Å².